The number of thiazole rings is 1. The number of carbonyl (C=O) groups is 1. The van der Waals surface area contributed by atoms with Crippen LogP contribution in [-0.4, -0.2) is 26.9 Å². The Morgan fingerprint density at radius 1 is 1.25 bits per heavy atom. The van der Waals surface area contributed by atoms with E-state index in [1.165, 1.54) is 11.3 Å². The second kappa shape index (κ2) is 7.00. The Kier molecular flexibility index (Phi) is 4.80. The van der Waals surface area contributed by atoms with Gasteiger partial charge in [0.2, 0.25) is 0 Å². The van der Waals surface area contributed by atoms with Crippen LogP contribution in [-0.2, 0) is 13.1 Å². The second-order valence-electron chi connectivity index (χ2n) is 5.14. The van der Waals surface area contributed by atoms with Crippen molar-refractivity contribution in [3.05, 3.63) is 41.0 Å². The highest BCUT2D eigenvalue weighted by Crippen LogP contribution is 2.27. The molecule has 2 aromatic heterocycles. The van der Waals surface area contributed by atoms with Crippen LogP contribution in [0, 0.1) is 0 Å². The van der Waals surface area contributed by atoms with Gasteiger partial charge >= 0.3 is 0 Å². The van der Waals surface area contributed by atoms with E-state index in [0.29, 0.717) is 23.6 Å². The van der Waals surface area contributed by atoms with Crippen LogP contribution in [0.5, 0.6) is 5.75 Å². The van der Waals surface area contributed by atoms with Crippen LogP contribution >= 0.6 is 11.3 Å². The SMILES string of the molecule is CCOc1cccc2sc(=NC(=O)c3ccn(CC)n3)n(CC)c12. The summed E-state index contributed by atoms with van der Waals surface area (Å²) in [4.78, 5) is 17.4. The van der Waals surface area contributed by atoms with E-state index in [2.05, 4.69) is 10.1 Å². The Bertz CT molecular complexity index is 936. The fraction of sp³-hybridized carbons (Fsp3) is 0.353. The largest absolute Gasteiger partial charge is 0.492 e. The first-order valence-electron chi connectivity index (χ1n) is 8.05. The summed E-state index contributed by atoms with van der Waals surface area (Å²) in [5.74, 6) is 0.492. The van der Waals surface area contributed by atoms with Gasteiger partial charge in [0.05, 0.1) is 11.3 Å². The first kappa shape index (κ1) is 16.4. The highest BCUT2D eigenvalue weighted by atomic mass is 32.1. The van der Waals surface area contributed by atoms with Gasteiger partial charge in [-0.05, 0) is 39.0 Å². The lowest BCUT2D eigenvalue weighted by Crippen LogP contribution is -2.16. The number of hydrogen-bond acceptors (Lipinski definition) is 4. The van der Waals surface area contributed by atoms with Gasteiger partial charge in [0.25, 0.3) is 5.91 Å². The molecule has 3 rings (SSSR count). The number of ether oxygens (including phenoxy) is 1. The summed E-state index contributed by atoms with van der Waals surface area (Å²) in [7, 11) is 0. The zero-order valence-electron chi connectivity index (χ0n) is 14.0. The van der Waals surface area contributed by atoms with Gasteiger partial charge in [-0.2, -0.15) is 10.1 Å². The smallest absolute Gasteiger partial charge is 0.300 e. The fourth-order valence-electron chi connectivity index (χ4n) is 2.54. The van der Waals surface area contributed by atoms with Crippen molar-refractivity contribution >= 4 is 27.5 Å². The standard InChI is InChI=1S/C17H20N4O2S/c1-4-20-11-10-12(19-20)16(22)18-17-21(5-2)15-13(23-6-3)8-7-9-14(15)24-17/h7-11H,4-6H2,1-3H3. The Balaban J connectivity index is 2.11. The molecule has 1 aromatic carbocycles. The van der Waals surface area contributed by atoms with Crippen LogP contribution in [0.1, 0.15) is 31.3 Å². The van der Waals surface area contributed by atoms with Crippen LogP contribution in [0.15, 0.2) is 35.5 Å². The average Bonchev–Trinajstić information content (AvgIpc) is 3.19. The van der Waals surface area contributed by atoms with E-state index in [4.69, 9.17) is 4.74 Å². The van der Waals surface area contributed by atoms with Gasteiger partial charge in [-0.15, -0.1) is 0 Å². The molecule has 0 saturated heterocycles. The maximum absolute atomic E-state index is 12.4. The maximum Gasteiger partial charge on any atom is 0.300 e. The molecule has 0 aliphatic carbocycles. The van der Waals surface area contributed by atoms with Crippen molar-refractivity contribution in [2.24, 2.45) is 4.99 Å². The van der Waals surface area contributed by atoms with Crippen molar-refractivity contribution in [1.29, 1.82) is 0 Å². The molecule has 126 valence electrons. The summed E-state index contributed by atoms with van der Waals surface area (Å²) in [5.41, 5.74) is 1.35. The third-order valence-corrected chi connectivity index (χ3v) is 4.70. The lowest BCUT2D eigenvalue weighted by atomic mass is 10.3. The van der Waals surface area contributed by atoms with Crippen molar-refractivity contribution in [1.82, 2.24) is 14.3 Å². The van der Waals surface area contributed by atoms with E-state index < -0.39 is 0 Å². The molecule has 0 unspecified atom stereocenters. The van der Waals surface area contributed by atoms with Gasteiger partial charge in [-0.3, -0.25) is 9.48 Å². The molecule has 0 fully saturated rings. The van der Waals surface area contributed by atoms with Crippen LogP contribution < -0.4 is 9.54 Å². The highest BCUT2D eigenvalue weighted by molar-refractivity contribution is 7.16. The third-order valence-electron chi connectivity index (χ3n) is 3.66. The molecule has 0 aliphatic rings. The van der Waals surface area contributed by atoms with Crippen LogP contribution in [0.2, 0.25) is 0 Å². The van der Waals surface area contributed by atoms with E-state index in [0.717, 1.165) is 22.5 Å². The van der Waals surface area contributed by atoms with E-state index in [1.54, 1.807) is 16.9 Å². The third kappa shape index (κ3) is 2.99. The van der Waals surface area contributed by atoms with E-state index in [9.17, 15) is 4.79 Å². The Morgan fingerprint density at radius 2 is 2.08 bits per heavy atom. The van der Waals surface area contributed by atoms with Crippen LogP contribution in [0.3, 0.4) is 0 Å². The molecule has 3 aromatic rings. The van der Waals surface area contributed by atoms with E-state index >= 15 is 0 Å². The summed E-state index contributed by atoms with van der Waals surface area (Å²) in [6, 6.07) is 7.62. The highest BCUT2D eigenvalue weighted by Gasteiger charge is 2.13. The summed E-state index contributed by atoms with van der Waals surface area (Å²) < 4.78 is 10.5. The number of amides is 1. The summed E-state index contributed by atoms with van der Waals surface area (Å²) in [5, 5.41) is 4.23. The maximum atomic E-state index is 12.4. The normalized spacial score (nSPS) is 12.0. The first-order valence-corrected chi connectivity index (χ1v) is 8.87. The number of fused-ring (bicyclic) bond motifs is 1. The molecule has 6 nitrogen and oxygen atoms in total. The van der Waals surface area contributed by atoms with Crippen LogP contribution in [0.4, 0.5) is 0 Å². The Labute approximate surface area is 144 Å². The van der Waals surface area contributed by atoms with Gasteiger partial charge in [0.1, 0.15) is 11.3 Å². The molecule has 1 amide bonds. The molecule has 24 heavy (non-hydrogen) atoms. The minimum Gasteiger partial charge on any atom is -0.492 e. The Hall–Kier alpha value is -2.41. The average molecular weight is 344 g/mol. The molecule has 0 atom stereocenters. The summed E-state index contributed by atoms with van der Waals surface area (Å²) >= 11 is 1.48. The first-order chi connectivity index (χ1) is 11.7. The van der Waals surface area contributed by atoms with Crippen molar-refractivity contribution in [3.63, 3.8) is 0 Å². The minimum absolute atomic E-state index is 0.325. The molecular formula is C17H20N4O2S. The van der Waals surface area contributed by atoms with Gasteiger partial charge < -0.3 is 9.30 Å². The molecular weight excluding hydrogens is 324 g/mol. The Morgan fingerprint density at radius 3 is 2.75 bits per heavy atom. The van der Waals surface area contributed by atoms with Crippen molar-refractivity contribution < 1.29 is 9.53 Å². The molecule has 0 spiro atoms. The molecule has 0 N–H and O–H groups in total. The van der Waals surface area contributed by atoms with E-state index in [-0.39, 0.29) is 5.91 Å². The second-order valence-corrected chi connectivity index (χ2v) is 6.15. The lowest BCUT2D eigenvalue weighted by molar-refractivity contribution is 0.0992. The topological polar surface area (TPSA) is 61.4 Å². The lowest BCUT2D eigenvalue weighted by Gasteiger charge is -2.07. The molecule has 0 saturated carbocycles. The number of benzene rings is 1. The predicted octanol–water partition coefficient (Wildman–Crippen LogP) is 3.08. The van der Waals surface area contributed by atoms with Gasteiger partial charge in [-0.1, -0.05) is 17.4 Å². The van der Waals surface area contributed by atoms with Crippen molar-refractivity contribution in [2.45, 2.75) is 33.9 Å². The van der Waals surface area contributed by atoms with Gasteiger partial charge in [0, 0.05) is 19.3 Å². The number of aromatic nitrogens is 3. The number of carbonyl (C=O) groups excluding carboxylic acids is 1. The van der Waals surface area contributed by atoms with Crippen molar-refractivity contribution in [3.8, 4) is 5.75 Å². The number of hydrogen-bond donors (Lipinski definition) is 0. The fourth-order valence-corrected chi connectivity index (χ4v) is 3.65. The number of aryl methyl sites for hydroxylation is 2. The summed E-state index contributed by atoms with van der Waals surface area (Å²) in [6.45, 7) is 8.00. The molecule has 2 heterocycles. The van der Waals surface area contributed by atoms with E-state index in [1.807, 2.05) is 43.5 Å². The van der Waals surface area contributed by atoms with Crippen LogP contribution in [0.25, 0.3) is 10.2 Å². The monoisotopic (exact) mass is 344 g/mol. The number of rotatable bonds is 5. The summed E-state index contributed by atoms with van der Waals surface area (Å²) in [6.07, 6.45) is 1.79. The predicted molar refractivity (Wildman–Crippen MR) is 94.5 cm³/mol. The van der Waals surface area contributed by atoms with Gasteiger partial charge in [-0.25, -0.2) is 0 Å². The van der Waals surface area contributed by atoms with Gasteiger partial charge in [0.15, 0.2) is 10.5 Å². The molecule has 0 radical (unpaired) electrons. The minimum atomic E-state index is -0.325. The number of para-hydroxylation sites is 1. The molecule has 0 bridgehead atoms. The number of nitrogens with zero attached hydrogens (tertiary/aromatic N) is 4. The zero-order valence-corrected chi connectivity index (χ0v) is 14.8. The zero-order chi connectivity index (χ0) is 17.1. The molecule has 0 aliphatic heterocycles. The quantitative estimate of drug-likeness (QED) is 0.714. The van der Waals surface area contributed by atoms with Crippen molar-refractivity contribution in [2.75, 3.05) is 6.61 Å². The molecule has 7 heteroatoms.